The van der Waals surface area contributed by atoms with Crippen LogP contribution in [-0.4, -0.2) is 17.0 Å². The largest absolute Gasteiger partial charge is 0.416 e. The van der Waals surface area contributed by atoms with Crippen molar-refractivity contribution in [3.8, 4) is 0 Å². The van der Waals surface area contributed by atoms with E-state index >= 15 is 0 Å². The molecule has 1 aliphatic rings. The molecule has 1 aromatic carbocycles. The standard InChI is InChI=1S/C12H12ClF3N2S/c1-7-4-5-19-11(17-7)18-10-6-8(12(14,15)16)2-3-9(10)13/h2-3,6-7H,4-5H2,1H3,(H,17,18). The van der Waals surface area contributed by atoms with Crippen molar-refractivity contribution in [2.24, 2.45) is 4.99 Å². The van der Waals surface area contributed by atoms with E-state index in [0.717, 1.165) is 24.3 Å². The maximum atomic E-state index is 12.6. The van der Waals surface area contributed by atoms with E-state index < -0.39 is 11.7 Å². The third-order valence-corrected chi connectivity index (χ3v) is 3.90. The number of hydrogen-bond acceptors (Lipinski definition) is 3. The van der Waals surface area contributed by atoms with Gasteiger partial charge in [-0.2, -0.15) is 13.2 Å². The lowest BCUT2D eigenvalue weighted by Gasteiger charge is -2.19. The van der Waals surface area contributed by atoms with E-state index in [1.807, 2.05) is 6.92 Å². The van der Waals surface area contributed by atoms with Gasteiger partial charge in [-0.05, 0) is 31.5 Å². The van der Waals surface area contributed by atoms with Gasteiger partial charge in [-0.1, -0.05) is 23.4 Å². The topological polar surface area (TPSA) is 24.4 Å². The monoisotopic (exact) mass is 308 g/mol. The lowest BCUT2D eigenvalue weighted by Crippen LogP contribution is -2.18. The SMILES string of the molecule is CC1CCSC(Nc2cc(C(F)(F)F)ccc2Cl)=N1. The summed E-state index contributed by atoms with van der Waals surface area (Å²) in [4.78, 5) is 4.34. The first-order valence-electron chi connectivity index (χ1n) is 5.70. The van der Waals surface area contributed by atoms with Gasteiger partial charge in [-0.15, -0.1) is 0 Å². The zero-order valence-electron chi connectivity index (χ0n) is 10.1. The van der Waals surface area contributed by atoms with Crippen LogP contribution in [0.5, 0.6) is 0 Å². The molecule has 104 valence electrons. The molecule has 1 atom stereocenters. The summed E-state index contributed by atoms with van der Waals surface area (Å²) in [6.07, 6.45) is -3.41. The van der Waals surface area contributed by atoms with Crippen LogP contribution in [0.2, 0.25) is 5.02 Å². The number of thioether (sulfide) groups is 1. The third-order valence-electron chi connectivity index (χ3n) is 2.65. The van der Waals surface area contributed by atoms with Crippen molar-refractivity contribution in [1.82, 2.24) is 0 Å². The fourth-order valence-corrected chi connectivity index (χ4v) is 2.86. The lowest BCUT2D eigenvalue weighted by atomic mass is 10.2. The second-order valence-corrected chi connectivity index (χ2v) is 5.73. The lowest BCUT2D eigenvalue weighted by molar-refractivity contribution is -0.137. The number of amidine groups is 1. The third kappa shape index (κ3) is 3.79. The van der Waals surface area contributed by atoms with Gasteiger partial charge in [0.15, 0.2) is 5.17 Å². The molecule has 0 spiro atoms. The fourth-order valence-electron chi connectivity index (χ4n) is 1.61. The average Bonchev–Trinajstić information content (AvgIpc) is 2.30. The number of benzene rings is 1. The fraction of sp³-hybridized carbons (Fsp3) is 0.417. The van der Waals surface area contributed by atoms with E-state index in [1.54, 1.807) is 0 Å². The van der Waals surface area contributed by atoms with Gasteiger partial charge < -0.3 is 5.32 Å². The molecular formula is C12H12ClF3N2S. The Morgan fingerprint density at radius 3 is 2.79 bits per heavy atom. The number of aliphatic imine (C=N–C) groups is 1. The molecule has 0 amide bonds. The number of rotatable bonds is 1. The van der Waals surface area contributed by atoms with Crippen LogP contribution in [0.25, 0.3) is 0 Å². The molecule has 0 saturated heterocycles. The number of nitrogens with one attached hydrogen (secondary N) is 1. The molecule has 1 heterocycles. The van der Waals surface area contributed by atoms with Gasteiger partial charge in [-0.25, -0.2) is 0 Å². The van der Waals surface area contributed by atoms with E-state index in [4.69, 9.17) is 11.6 Å². The smallest absolute Gasteiger partial charge is 0.334 e. The summed E-state index contributed by atoms with van der Waals surface area (Å²) >= 11 is 7.39. The molecule has 7 heteroatoms. The number of halogens is 4. The molecule has 2 rings (SSSR count). The summed E-state index contributed by atoms with van der Waals surface area (Å²) in [5, 5.41) is 3.73. The number of hydrogen-bond donors (Lipinski definition) is 1. The summed E-state index contributed by atoms with van der Waals surface area (Å²) in [7, 11) is 0. The van der Waals surface area contributed by atoms with Gasteiger partial charge in [-0.3, -0.25) is 4.99 Å². The van der Waals surface area contributed by atoms with Crippen LogP contribution in [-0.2, 0) is 6.18 Å². The second kappa shape index (κ2) is 5.63. The van der Waals surface area contributed by atoms with Crippen molar-refractivity contribution >= 4 is 34.2 Å². The Labute approximate surface area is 118 Å². The zero-order valence-corrected chi connectivity index (χ0v) is 11.7. The van der Waals surface area contributed by atoms with E-state index in [2.05, 4.69) is 10.3 Å². The van der Waals surface area contributed by atoms with Crippen LogP contribution in [0, 0.1) is 0 Å². The van der Waals surface area contributed by atoms with E-state index in [1.165, 1.54) is 17.8 Å². The summed E-state index contributed by atoms with van der Waals surface area (Å²) in [6.45, 7) is 1.97. The Morgan fingerprint density at radius 2 is 2.16 bits per heavy atom. The molecule has 0 bridgehead atoms. The van der Waals surface area contributed by atoms with Crippen molar-refractivity contribution in [2.45, 2.75) is 25.6 Å². The van der Waals surface area contributed by atoms with Gasteiger partial charge >= 0.3 is 6.18 Å². The summed E-state index contributed by atoms with van der Waals surface area (Å²) < 4.78 is 37.9. The number of anilines is 1. The molecule has 1 aliphatic heterocycles. The van der Waals surface area contributed by atoms with E-state index in [9.17, 15) is 13.2 Å². The Morgan fingerprint density at radius 1 is 1.42 bits per heavy atom. The highest BCUT2D eigenvalue weighted by atomic mass is 35.5. The predicted molar refractivity (Wildman–Crippen MR) is 74.0 cm³/mol. The van der Waals surface area contributed by atoms with Crippen LogP contribution >= 0.6 is 23.4 Å². The number of alkyl halides is 3. The molecular weight excluding hydrogens is 297 g/mol. The second-order valence-electron chi connectivity index (χ2n) is 4.24. The maximum Gasteiger partial charge on any atom is 0.416 e. The summed E-state index contributed by atoms with van der Waals surface area (Å²) in [6, 6.07) is 3.38. The highest BCUT2D eigenvalue weighted by Crippen LogP contribution is 2.34. The summed E-state index contributed by atoms with van der Waals surface area (Å²) in [5.41, 5.74) is -0.495. The van der Waals surface area contributed by atoms with Crippen molar-refractivity contribution in [3.05, 3.63) is 28.8 Å². The zero-order chi connectivity index (χ0) is 14.0. The highest BCUT2D eigenvalue weighted by Gasteiger charge is 2.31. The van der Waals surface area contributed by atoms with Crippen molar-refractivity contribution < 1.29 is 13.2 Å². The Bertz CT molecular complexity index is 502. The Kier molecular flexibility index (Phi) is 4.30. The van der Waals surface area contributed by atoms with Crippen LogP contribution in [0.3, 0.4) is 0 Å². The molecule has 1 aromatic rings. The molecule has 1 unspecified atom stereocenters. The van der Waals surface area contributed by atoms with Crippen LogP contribution in [0.4, 0.5) is 18.9 Å². The molecule has 0 aliphatic carbocycles. The van der Waals surface area contributed by atoms with E-state index in [-0.39, 0.29) is 16.8 Å². The van der Waals surface area contributed by atoms with E-state index in [0.29, 0.717) is 5.17 Å². The maximum absolute atomic E-state index is 12.6. The predicted octanol–water partition coefficient (Wildman–Crippen LogP) is 4.65. The molecule has 19 heavy (non-hydrogen) atoms. The molecule has 1 N–H and O–H groups in total. The molecule has 0 aromatic heterocycles. The normalized spacial score (nSPS) is 20.1. The quantitative estimate of drug-likeness (QED) is 0.816. The molecule has 0 saturated carbocycles. The van der Waals surface area contributed by atoms with Crippen LogP contribution < -0.4 is 5.32 Å². The first-order valence-corrected chi connectivity index (χ1v) is 7.07. The molecule has 2 nitrogen and oxygen atoms in total. The minimum absolute atomic E-state index is 0.174. The first kappa shape index (κ1) is 14.5. The minimum atomic E-state index is -4.38. The highest BCUT2D eigenvalue weighted by molar-refractivity contribution is 8.14. The van der Waals surface area contributed by atoms with Crippen molar-refractivity contribution in [1.29, 1.82) is 0 Å². The Hall–Kier alpha value is -0.880. The molecule has 0 fully saturated rings. The van der Waals surface area contributed by atoms with Crippen LogP contribution in [0.15, 0.2) is 23.2 Å². The molecule has 0 radical (unpaired) electrons. The minimum Gasteiger partial charge on any atom is -0.334 e. The van der Waals surface area contributed by atoms with Crippen molar-refractivity contribution in [2.75, 3.05) is 11.1 Å². The summed E-state index contributed by atoms with van der Waals surface area (Å²) in [5.74, 6) is 0.892. The van der Waals surface area contributed by atoms with Gasteiger partial charge in [0.25, 0.3) is 0 Å². The van der Waals surface area contributed by atoms with Crippen molar-refractivity contribution in [3.63, 3.8) is 0 Å². The average molecular weight is 309 g/mol. The first-order chi connectivity index (χ1) is 8.86. The number of nitrogens with zero attached hydrogens (tertiary/aromatic N) is 1. The van der Waals surface area contributed by atoms with Crippen LogP contribution in [0.1, 0.15) is 18.9 Å². The van der Waals surface area contributed by atoms with Gasteiger partial charge in [0.05, 0.1) is 22.3 Å². The van der Waals surface area contributed by atoms with Gasteiger partial charge in [0.1, 0.15) is 0 Å². The van der Waals surface area contributed by atoms with Gasteiger partial charge in [0, 0.05) is 5.75 Å². The van der Waals surface area contributed by atoms with Gasteiger partial charge in [0.2, 0.25) is 0 Å². The Balaban J connectivity index is 2.24.